The van der Waals surface area contributed by atoms with E-state index in [0.29, 0.717) is 5.56 Å². The number of amides is 1. The Morgan fingerprint density at radius 2 is 1.54 bits per heavy atom. The van der Waals surface area contributed by atoms with Crippen molar-refractivity contribution in [2.75, 3.05) is 0 Å². The van der Waals surface area contributed by atoms with Gasteiger partial charge in [-0.15, -0.1) is 0 Å². The minimum atomic E-state index is -1.11. The Bertz CT molecular complexity index is 810. The standard InChI is InChI=1S/C21H22NO5.Fm/c1-21(2,3)27-20(26)17-10-8-16(9-11-17)15-6-4-14(5-7-15)12-18(19(24)25)22-13-23;/h4-11,18H,12H2,1-3H3,(H,22,23)(H,24,25);/q-1;/t18-;/m0./s1. The molecule has 0 aliphatic rings. The molecule has 2 N–H and O–H groups in total. The SMILES string of the molecule is CC(C)(C)OC(=O)c1ccc(-c2ccc(C[C@H](N[C-]=O)C(=O)O)cc2)cc1.[Fm]. The molecule has 0 aromatic heterocycles. The number of carboxylic acid groups (broad SMARTS) is 1. The second-order valence-corrected chi connectivity index (χ2v) is 7.12. The summed E-state index contributed by atoms with van der Waals surface area (Å²) in [6.45, 7) is 5.45. The number of carbonyl (C=O) groups excluding carboxylic acids is 2. The van der Waals surface area contributed by atoms with E-state index in [1.165, 1.54) is 6.41 Å². The van der Waals surface area contributed by atoms with E-state index in [1.807, 2.05) is 45.0 Å². The maximum Gasteiger partial charge on any atom is 0.338 e. The molecular weight excluding hydrogens is 603 g/mol. The van der Waals surface area contributed by atoms with Crippen molar-refractivity contribution in [3.8, 4) is 11.1 Å². The normalized spacial score (nSPS) is 11.7. The van der Waals surface area contributed by atoms with Crippen LogP contribution in [0.25, 0.3) is 11.1 Å². The van der Waals surface area contributed by atoms with Gasteiger partial charge in [0.05, 0.1) is 5.56 Å². The minimum Gasteiger partial charge on any atom is -0.520 e. The molecule has 0 spiro atoms. The van der Waals surface area contributed by atoms with Gasteiger partial charge in [0.2, 0.25) is 0 Å². The first-order chi connectivity index (χ1) is 12.7. The van der Waals surface area contributed by atoms with E-state index in [2.05, 4.69) is 5.32 Å². The number of carboxylic acids is 1. The topological polar surface area (TPSA) is 92.7 Å². The van der Waals surface area contributed by atoms with Gasteiger partial charge in [-0.1, -0.05) is 36.4 Å². The molecule has 1 atom stereocenters. The van der Waals surface area contributed by atoms with Gasteiger partial charge in [0.15, 0.2) is 0 Å². The van der Waals surface area contributed by atoms with E-state index in [0.717, 1.165) is 16.7 Å². The van der Waals surface area contributed by atoms with Gasteiger partial charge < -0.3 is 20.0 Å². The van der Waals surface area contributed by atoms with Crippen LogP contribution in [0, 0.1) is 0 Å². The fourth-order valence-corrected chi connectivity index (χ4v) is 2.48. The first-order valence-electron chi connectivity index (χ1n) is 8.48. The zero-order valence-electron chi connectivity index (χ0n) is 15.8. The molecule has 0 bridgehead atoms. The van der Waals surface area contributed by atoms with E-state index < -0.39 is 17.6 Å². The summed E-state index contributed by atoms with van der Waals surface area (Å²) < 4.78 is 5.34. The van der Waals surface area contributed by atoms with Gasteiger partial charge in [-0.05, 0) is 49.6 Å². The molecule has 2 aromatic carbocycles. The molecule has 28 heavy (non-hydrogen) atoms. The third kappa shape index (κ3) is 5.98. The van der Waals surface area contributed by atoms with Crippen LogP contribution in [0.2, 0.25) is 0 Å². The molecule has 154 valence electrons. The van der Waals surface area contributed by atoms with Crippen LogP contribution in [-0.2, 0) is 20.7 Å². The molecule has 0 unspecified atom stereocenters. The number of nitrogens with one attached hydrogen (secondary N) is 1. The summed E-state index contributed by atoms with van der Waals surface area (Å²) in [7, 11) is 0. The monoisotopic (exact) mass is 625 g/mol. The summed E-state index contributed by atoms with van der Waals surface area (Å²) >= 11 is 0. The molecule has 0 saturated heterocycles. The quantitative estimate of drug-likeness (QED) is 0.281. The van der Waals surface area contributed by atoms with Crippen LogP contribution in [0.5, 0.6) is 0 Å². The fraction of sp³-hybridized carbons (Fsp3) is 0.286. The molecule has 2 aromatic rings. The Balaban J connectivity index is 0.00000392. The van der Waals surface area contributed by atoms with Gasteiger partial charge in [0.25, 0.3) is 0 Å². The zero-order chi connectivity index (χ0) is 20.0. The number of esters is 1. The van der Waals surface area contributed by atoms with Gasteiger partial charge >= 0.3 is 11.9 Å². The molecule has 0 radical (unpaired) electrons. The average Bonchev–Trinajstić information content (AvgIpc) is 2.60. The van der Waals surface area contributed by atoms with Crippen LogP contribution < -0.4 is 5.32 Å². The molecule has 0 fully saturated rings. The first-order valence-corrected chi connectivity index (χ1v) is 8.48. The molecular formula is C21H22FmNO5-. The van der Waals surface area contributed by atoms with E-state index >= 15 is 0 Å². The van der Waals surface area contributed by atoms with Gasteiger partial charge in [0, 0.05) is 6.42 Å². The summed E-state index contributed by atoms with van der Waals surface area (Å²) in [5, 5.41) is 11.2. The molecule has 7 heteroatoms. The van der Waals surface area contributed by atoms with E-state index in [1.54, 1.807) is 24.3 Å². The van der Waals surface area contributed by atoms with Gasteiger partial charge in [-0.25, -0.2) is 4.79 Å². The smallest absolute Gasteiger partial charge is 0.338 e. The third-order valence-corrected chi connectivity index (χ3v) is 3.78. The van der Waals surface area contributed by atoms with Crippen molar-refractivity contribution in [3.05, 3.63) is 59.7 Å². The van der Waals surface area contributed by atoms with Crippen molar-refractivity contribution >= 4 is 18.3 Å². The number of aliphatic carboxylic acids is 1. The van der Waals surface area contributed by atoms with Gasteiger partial charge in [-0.2, -0.15) is 6.41 Å². The Hall–Kier alpha value is -4.15. The maximum absolute atomic E-state index is 12.1. The second-order valence-electron chi connectivity index (χ2n) is 7.12. The van der Waals surface area contributed by atoms with Gasteiger partial charge in [0.1, 0.15) is 11.6 Å². The van der Waals surface area contributed by atoms with Crippen LogP contribution in [0.1, 0.15) is 36.7 Å². The van der Waals surface area contributed by atoms with Crippen LogP contribution in [0.4, 0.5) is 0 Å². The first kappa shape index (κ1) is 21.9. The molecule has 1 amide bonds. The Morgan fingerprint density at radius 1 is 1.04 bits per heavy atom. The van der Waals surface area contributed by atoms with Crippen LogP contribution in [0.3, 0.4) is 0 Å². The third-order valence-electron chi connectivity index (χ3n) is 3.78. The Labute approximate surface area is 158 Å². The number of benzene rings is 2. The largest absolute Gasteiger partial charge is 0.520 e. The number of hydrogen-bond acceptors (Lipinski definition) is 4. The number of ether oxygens (including phenoxy) is 1. The summed E-state index contributed by atoms with van der Waals surface area (Å²) in [6, 6.07) is 13.4. The summed E-state index contributed by atoms with van der Waals surface area (Å²) in [5.41, 5.74) is 2.56. The Kier molecular flexibility index (Phi) is 7.02. The Morgan fingerprint density at radius 3 is 1.96 bits per heavy atom. The maximum atomic E-state index is 12.1. The van der Waals surface area contributed by atoms with Crippen molar-refractivity contribution in [3.63, 3.8) is 0 Å². The van der Waals surface area contributed by atoms with Crippen molar-refractivity contribution in [2.24, 2.45) is 0 Å². The predicted octanol–water partition coefficient (Wildman–Crippen LogP) is 2.96. The van der Waals surface area contributed by atoms with Crippen molar-refractivity contribution in [1.82, 2.24) is 5.32 Å². The summed E-state index contributed by atoms with van der Waals surface area (Å²) in [4.78, 5) is 33.5. The van der Waals surface area contributed by atoms with E-state index in [4.69, 9.17) is 9.84 Å². The zero-order valence-corrected chi connectivity index (χ0v) is 18.2. The molecule has 0 aliphatic heterocycles. The number of rotatable bonds is 7. The van der Waals surface area contributed by atoms with Crippen molar-refractivity contribution < 1.29 is 24.2 Å². The van der Waals surface area contributed by atoms with E-state index in [9.17, 15) is 14.4 Å². The minimum absolute atomic E-state index is 0. The van der Waals surface area contributed by atoms with Crippen LogP contribution >= 0.6 is 0 Å². The molecule has 0 aliphatic carbocycles. The van der Waals surface area contributed by atoms with Crippen LogP contribution in [-0.4, -0.2) is 35.1 Å². The van der Waals surface area contributed by atoms with Crippen molar-refractivity contribution in [2.45, 2.75) is 38.8 Å². The van der Waals surface area contributed by atoms with Crippen molar-refractivity contribution in [1.29, 1.82) is 0 Å². The summed E-state index contributed by atoms with van der Waals surface area (Å²) in [5.74, 6) is -1.48. The molecule has 2 rings (SSSR count). The molecule has 6 nitrogen and oxygen atoms in total. The van der Waals surface area contributed by atoms with Crippen LogP contribution in [0.15, 0.2) is 48.5 Å². The number of hydrogen-bond donors (Lipinski definition) is 2. The second kappa shape index (κ2) is 8.98. The van der Waals surface area contributed by atoms with E-state index in [-0.39, 0.29) is 12.4 Å². The molecule has 0 saturated carbocycles. The average molecular weight is 625 g/mol. The number of carbonyl (C=O) groups is 2. The predicted molar refractivity (Wildman–Crippen MR) is 101 cm³/mol. The van der Waals surface area contributed by atoms with Gasteiger partial charge in [-0.3, -0.25) is 4.79 Å². The fourth-order valence-electron chi connectivity index (χ4n) is 2.48. The summed E-state index contributed by atoms with van der Waals surface area (Å²) in [6.07, 6.45) is 1.59. The molecule has 0 heterocycles.